The van der Waals surface area contributed by atoms with Gasteiger partial charge in [-0.05, 0) is 35.4 Å². The van der Waals surface area contributed by atoms with Crippen molar-refractivity contribution in [1.29, 1.82) is 0 Å². The third-order valence-corrected chi connectivity index (χ3v) is 3.03. The zero-order chi connectivity index (χ0) is 16.3. The standard InChI is InChI=1S/C20H20O3/c1-2-22-14-15-23-20-12-9-17(10-13-20)8-11-19(21)16-18-6-4-3-5-7-18/h2-13,16,21H,1,14-15H2. The topological polar surface area (TPSA) is 38.7 Å². The molecule has 0 aliphatic carbocycles. The van der Waals surface area contributed by atoms with Crippen molar-refractivity contribution in [2.24, 2.45) is 0 Å². The van der Waals surface area contributed by atoms with E-state index in [1.807, 2.05) is 60.7 Å². The highest BCUT2D eigenvalue weighted by molar-refractivity contribution is 5.59. The van der Waals surface area contributed by atoms with Crippen LogP contribution in [-0.4, -0.2) is 18.3 Å². The fourth-order valence-corrected chi connectivity index (χ4v) is 1.92. The van der Waals surface area contributed by atoms with E-state index in [0.717, 1.165) is 16.9 Å². The molecule has 118 valence electrons. The van der Waals surface area contributed by atoms with Crippen LogP contribution < -0.4 is 4.74 Å². The van der Waals surface area contributed by atoms with E-state index in [2.05, 4.69) is 6.58 Å². The Morgan fingerprint density at radius 3 is 2.39 bits per heavy atom. The molecule has 2 aromatic carbocycles. The third kappa shape index (κ3) is 6.14. The molecule has 0 spiro atoms. The van der Waals surface area contributed by atoms with Gasteiger partial charge >= 0.3 is 0 Å². The third-order valence-electron chi connectivity index (χ3n) is 3.03. The van der Waals surface area contributed by atoms with Crippen LogP contribution in [0.5, 0.6) is 5.75 Å². The summed E-state index contributed by atoms with van der Waals surface area (Å²) in [5, 5.41) is 9.91. The van der Waals surface area contributed by atoms with Gasteiger partial charge in [0.15, 0.2) is 0 Å². The largest absolute Gasteiger partial charge is 0.508 e. The lowest BCUT2D eigenvalue weighted by atomic mass is 10.1. The van der Waals surface area contributed by atoms with E-state index in [1.54, 1.807) is 12.2 Å². The van der Waals surface area contributed by atoms with Crippen LogP contribution in [0.4, 0.5) is 0 Å². The Balaban J connectivity index is 1.89. The first-order valence-electron chi connectivity index (χ1n) is 7.37. The summed E-state index contributed by atoms with van der Waals surface area (Å²) in [6, 6.07) is 17.3. The van der Waals surface area contributed by atoms with Gasteiger partial charge in [0.2, 0.25) is 0 Å². The smallest absolute Gasteiger partial charge is 0.122 e. The number of hydrogen-bond donors (Lipinski definition) is 1. The Morgan fingerprint density at radius 2 is 1.70 bits per heavy atom. The maximum atomic E-state index is 9.91. The Labute approximate surface area is 136 Å². The van der Waals surface area contributed by atoms with E-state index in [0.29, 0.717) is 13.2 Å². The number of benzene rings is 2. The lowest BCUT2D eigenvalue weighted by Gasteiger charge is -2.05. The molecule has 23 heavy (non-hydrogen) atoms. The van der Waals surface area contributed by atoms with Crippen molar-refractivity contribution < 1.29 is 14.6 Å². The van der Waals surface area contributed by atoms with Crippen molar-refractivity contribution in [3.63, 3.8) is 0 Å². The highest BCUT2D eigenvalue weighted by Gasteiger charge is 1.94. The number of aliphatic hydroxyl groups is 1. The second-order valence-electron chi connectivity index (χ2n) is 4.77. The molecule has 0 saturated carbocycles. The summed E-state index contributed by atoms with van der Waals surface area (Å²) >= 11 is 0. The number of rotatable bonds is 8. The molecule has 0 amide bonds. The van der Waals surface area contributed by atoms with E-state index in [-0.39, 0.29) is 5.76 Å². The van der Waals surface area contributed by atoms with Gasteiger partial charge in [-0.2, -0.15) is 0 Å². The summed E-state index contributed by atoms with van der Waals surface area (Å²) in [4.78, 5) is 0. The molecule has 0 saturated heterocycles. The lowest BCUT2D eigenvalue weighted by Crippen LogP contribution is -2.03. The first kappa shape index (κ1) is 16.4. The SMILES string of the molecule is C=COCCOc1ccc(C=CC(O)=Cc2ccccc2)cc1. The summed E-state index contributed by atoms with van der Waals surface area (Å²) < 4.78 is 10.5. The van der Waals surface area contributed by atoms with Crippen LogP contribution in [0.25, 0.3) is 12.2 Å². The number of hydrogen-bond acceptors (Lipinski definition) is 3. The van der Waals surface area contributed by atoms with Gasteiger partial charge < -0.3 is 14.6 Å². The van der Waals surface area contributed by atoms with Gasteiger partial charge in [-0.25, -0.2) is 0 Å². The monoisotopic (exact) mass is 308 g/mol. The molecule has 0 aromatic heterocycles. The second-order valence-corrected chi connectivity index (χ2v) is 4.77. The molecule has 0 aliphatic heterocycles. The Morgan fingerprint density at radius 1 is 0.957 bits per heavy atom. The van der Waals surface area contributed by atoms with Crippen molar-refractivity contribution in [2.45, 2.75) is 0 Å². The molecule has 0 fully saturated rings. The van der Waals surface area contributed by atoms with E-state index in [9.17, 15) is 5.11 Å². The van der Waals surface area contributed by atoms with Crippen molar-refractivity contribution in [3.05, 3.63) is 90.4 Å². The molecule has 0 radical (unpaired) electrons. The number of aliphatic hydroxyl groups excluding tert-OH is 1. The normalized spacial score (nSPS) is 11.4. The van der Waals surface area contributed by atoms with E-state index < -0.39 is 0 Å². The number of allylic oxidation sites excluding steroid dienone is 1. The van der Waals surface area contributed by atoms with Crippen LogP contribution in [0.3, 0.4) is 0 Å². The van der Waals surface area contributed by atoms with Crippen molar-refractivity contribution in [1.82, 2.24) is 0 Å². The molecule has 2 aromatic rings. The van der Waals surface area contributed by atoms with Crippen LogP contribution in [0, 0.1) is 0 Å². The van der Waals surface area contributed by atoms with Gasteiger partial charge in [0.1, 0.15) is 24.7 Å². The molecule has 3 heteroatoms. The van der Waals surface area contributed by atoms with E-state index in [4.69, 9.17) is 9.47 Å². The summed E-state index contributed by atoms with van der Waals surface area (Å²) in [6.45, 7) is 4.42. The van der Waals surface area contributed by atoms with Crippen LogP contribution in [0.2, 0.25) is 0 Å². The molecule has 3 nitrogen and oxygen atoms in total. The molecule has 0 aliphatic rings. The quantitative estimate of drug-likeness (QED) is 0.431. The zero-order valence-electron chi connectivity index (χ0n) is 12.9. The lowest BCUT2D eigenvalue weighted by molar-refractivity contribution is 0.179. The molecule has 0 unspecified atom stereocenters. The van der Waals surface area contributed by atoms with Gasteiger partial charge in [-0.15, -0.1) is 0 Å². The zero-order valence-corrected chi connectivity index (χ0v) is 12.9. The molecule has 0 atom stereocenters. The van der Waals surface area contributed by atoms with Gasteiger partial charge in [-0.3, -0.25) is 0 Å². The fourth-order valence-electron chi connectivity index (χ4n) is 1.92. The highest BCUT2D eigenvalue weighted by Crippen LogP contribution is 2.14. The average molecular weight is 308 g/mol. The van der Waals surface area contributed by atoms with E-state index >= 15 is 0 Å². The molecular formula is C20H20O3. The van der Waals surface area contributed by atoms with Crippen LogP contribution >= 0.6 is 0 Å². The number of ether oxygens (including phenoxy) is 2. The summed E-state index contributed by atoms with van der Waals surface area (Å²) in [7, 11) is 0. The summed E-state index contributed by atoms with van der Waals surface area (Å²) in [6.07, 6.45) is 6.63. The minimum absolute atomic E-state index is 0.207. The van der Waals surface area contributed by atoms with Crippen LogP contribution in [-0.2, 0) is 4.74 Å². The van der Waals surface area contributed by atoms with Gasteiger partial charge in [0.05, 0.1) is 6.26 Å². The van der Waals surface area contributed by atoms with Crippen LogP contribution in [0.15, 0.2) is 79.3 Å². The molecule has 0 heterocycles. The predicted molar refractivity (Wildman–Crippen MR) is 94.2 cm³/mol. The molecule has 2 rings (SSSR count). The molecular weight excluding hydrogens is 288 g/mol. The Bertz CT molecular complexity index is 655. The summed E-state index contributed by atoms with van der Waals surface area (Å²) in [5.74, 6) is 0.983. The van der Waals surface area contributed by atoms with Gasteiger partial charge in [0.25, 0.3) is 0 Å². The highest BCUT2D eigenvalue weighted by atomic mass is 16.5. The predicted octanol–water partition coefficient (Wildman–Crippen LogP) is 4.84. The summed E-state index contributed by atoms with van der Waals surface area (Å²) in [5.41, 5.74) is 1.94. The van der Waals surface area contributed by atoms with Gasteiger partial charge in [0, 0.05) is 0 Å². The minimum atomic E-state index is 0.207. The average Bonchev–Trinajstić information content (AvgIpc) is 2.59. The minimum Gasteiger partial charge on any atom is -0.508 e. The van der Waals surface area contributed by atoms with Gasteiger partial charge in [-0.1, -0.05) is 55.1 Å². The fraction of sp³-hybridized carbons (Fsp3) is 0.100. The molecule has 0 bridgehead atoms. The maximum Gasteiger partial charge on any atom is 0.122 e. The first-order valence-corrected chi connectivity index (χ1v) is 7.37. The van der Waals surface area contributed by atoms with Crippen molar-refractivity contribution >= 4 is 12.2 Å². The van der Waals surface area contributed by atoms with Crippen molar-refractivity contribution in [3.8, 4) is 5.75 Å². The maximum absolute atomic E-state index is 9.91. The Hall–Kier alpha value is -2.94. The van der Waals surface area contributed by atoms with Crippen molar-refractivity contribution in [2.75, 3.05) is 13.2 Å². The van der Waals surface area contributed by atoms with Crippen LogP contribution in [0.1, 0.15) is 11.1 Å². The first-order chi connectivity index (χ1) is 11.3. The second kappa shape index (κ2) is 9.15. The van der Waals surface area contributed by atoms with E-state index in [1.165, 1.54) is 6.26 Å². The molecule has 1 N–H and O–H groups in total. The Kier molecular flexibility index (Phi) is 6.54.